The van der Waals surface area contributed by atoms with E-state index in [1.54, 1.807) is 0 Å². The predicted molar refractivity (Wildman–Crippen MR) is 61.4 cm³/mol. The normalized spacial score (nSPS) is 29.8. The quantitative estimate of drug-likeness (QED) is 0.855. The Hall–Kier alpha value is -1.00. The van der Waals surface area contributed by atoms with E-state index in [0.717, 1.165) is 31.9 Å². The van der Waals surface area contributed by atoms with Crippen LogP contribution in [0.5, 0.6) is 0 Å². The molecule has 0 amide bonds. The van der Waals surface area contributed by atoms with Gasteiger partial charge in [-0.15, -0.1) is 0 Å². The van der Waals surface area contributed by atoms with Crippen LogP contribution in [0.1, 0.15) is 30.9 Å². The highest BCUT2D eigenvalue weighted by Gasteiger charge is 2.42. The zero-order chi connectivity index (χ0) is 12.0. The number of benzene rings is 1. The highest BCUT2D eigenvalue weighted by atomic mass is 19.1. The van der Waals surface area contributed by atoms with Crippen LogP contribution in [-0.4, -0.2) is 23.5 Å². The summed E-state index contributed by atoms with van der Waals surface area (Å²) in [5.41, 5.74) is 6.47. The van der Waals surface area contributed by atoms with E-state index in [4.69, 9.17) is 5.73 Å². The Bertz CT molecular complexity index is 431. The summed E-state index contributed by atoms with van der Waals surface area (Å²) in [6, 6.07) is 3.92. The smallest absolute Gasteiger partial charge is 0.128 e. The lowest BCUT2D eigenvalue weighted by atomic mass is 10.00. The first-order valence-electron chi connectivity index (χ1n) is 6.13. The van der Waals surface area contributed by atoms with Crippen LogP contribution in [0.3, 0.4) is 0 Å². The van der Waals surface area contributed by atoms with Crippen LogP contribution in [0.4, 0.5) is 8.78 Å². The molecule has 4 heteroatoms. The second-order valence-corrected chi connectivity index (χ2v) is 5.03. The second-order valence-electron chi connectivity index (χ2n) is 5.03. The van der Waals surface area contributed by atoms with Crippen LogP contribution in [0, 0.1) is 11.6 Å². The van der Waals surface area contributed by atoms with E-state index < -0.39 is 5.82 Å². The van der Waals surface area contributed by atoms with Gasteiger partial charge in [-0.1, -0.05) is 0 Å². The topological polar surface area (TPSA) is 29.3 Å². The Morgan fingerprint density at radius 1 is 1.18 bits per heavy atom. The van der Waals surface area contributed by atoms with E-state index in [-0.39, 0.29) is 17.9 Å². The third-order valence-corrected chi connectivity index (χ3v) is 3.78. The summed E-state index contributed by atoms with van der Waals surface area (Å²) >= 11 is 0. The molecular weight excluding hydrogens is 222 g/mol. The summed E-state index contributed by atoms with van der Waals surface area (Å²) in [4.78, 5) is 2.24. The van der Waals surface area contributed by atoms with Crippen LogP contribution >= 0.6 is 0 Å². The van der Waals surface area contributed by atoms with Crippen LogP contribution < -0.4 is 5.73 Å². The van der Waals surface area contributed by atoms with Crippen molar-refractivity contribution in [3.8, 4) is 0 Å². The molecule has 2 fully saturated rings. The van der Waals surface area contributed by atoms with Gasteiger partial charge in [-0.05, 0) is 37.5 Å². The van der Waals surface area contributed by atoms with Crippen molar-refractivity contribution in [2.75, 3.05) is 6.54 Å². The van der Waals surface area contributed by atoms with E-state index in [1.165, 1.54) is 12.1 Å². The van der Waals surface area contributed by atoms with Crippen molar-refractivity contribution in [2.45, 2.75) is 37.4 Å². The maximum Gasteiger partial charge on any atom is 0.128 e. The number of likely N-dealkylation sites (tertiary alicyclic amines) is 1. The van der Waals surface area contributed by atoms with Gasteiger partial charge in [0.15, 0.2) is 0 Å². The molecule has 2 N–H and O–H groups in total. The summed E-state index contributed by atoms with van der Waals surface area (Å²) in [5.74, 6) is -0.740. The van der Waals surface area contributed by atoms with Gasteiger partial charge >= 0.3 is 0 Å². The highest BCUT2D eigenvalue weighted by molar-refractivity contribution is 5.26. The van der Waals surface area contributed by atoms with Gasteiger partial charge in [-0.3, -0.25) is 4.90 Å². The molecule has 1 aromatic rings. The molecule has 2 aliphatic rings. The van der Waals surface area contributed by atoms with E-state index in [0.29, 0.717) is 11.6 Å². The van der Waals surface area contributed by atoms with E-state index in [9.17, 15) is 8.78 Å². The van der Waals surface area contributed by atoms with Crippen molar-refractivity contribution in [3.63, 3.8) is 0 Å². The molecule has 2 atom stereocenters. The molecule has 0 bridgehead atoms. The maximum absolute atomic E-state index is 13.8. The SMILES string of the molecule is NC1CCN(C2CC2)C1c1cc(F)ccc1F. The van der Waals surface area contributed by atoms with Gasteiger partial charge in [0.25, 0.3) is 0 Å². The van der Waals surface area contributed by atoms with Crippen molar-refractivity contribution >= 4 is 0 Å². The lowest BCUT2D eigenvalue weighted by Gasteiger charge is -2.27. The molecular formula is C13H16F2N2. The molecule has 3 rings (SSSR count). The molecule has 2 unspecified atom stereocenters. The molecule has 2 nitrogen and oxygen atoms in total. The summed E-state index contributed by atoms with van der Waals surface area (Å²) in [6.45, 7) is 0.895. The van der Waals surface area contributed by atoms with Gasteiger partial charge in [0, 0.05) is 24.2 Å². The zero-order valence-electron chi connectivity index (χ0n) is 9.57. The molecule has 92 valence electrons. The lowest BCUT2D eigenvalue weighted by Crippen LogP contribution is -2.33. The van der Waals surface area contributed by atoms with Crippen LogP contribution in [-0.2, 0) is 0 Å². The number of nitrogens with zero attached hydrogens (tertiary/aromatic N) is 1. The minimum atomic E-state index is -0.392. The van der Waals surface area contributed by atoms with Crippen molar-refractivity contribution in [3.05, 3.63) is 35.4 Å². The van der Waals surface area contributed by atoms with Gasteiger partial charge in [0.2, 0.25) is 0 Å². The minimum absolute atomic E-state index is 0.0908. The number of hydrogen-bond donors (Lipinski definition) is 1. The van der Waals surface area contributed by atoms with E-state index in [2.05, 4.69) is 4.90 Å². The molecule has 1 saturated heterocycles. The van der Waals surface area contributed by atoms with E-state index >= 15 is 0 Å². The Labute approximate surface area is 99.4 Å². The van der Waals surface area contributed by atoms with Crippen LogP contribution in [0.25, 0.3) is 0 Å². The molecule has 1 saturated carbocycles. The summed E-state index contributed by atoms with van der Waals surface area (Å²) in [7, 11) is 0. The lowest BCUT2D eigenvalue weighted by molar-refractivity contribution is 0.232. The third-order valence-electron chi connectivity index (χ3n) is 3.78. The molecule has 0 radical (unpaired) electrons. The Kier molecular flexibility index (Phi) is 2.64. The first-order chi connectivity index (χ1) is 8.16. The molecule has 0 spiro atoms. The van der Waals surface area contributed by atoms with Gasteiger partial charge < -0.3 is 5.73 Å². The molecule has 1 aromatic carbocycles. The predicted octanol–water partition coefficient (Wildman–Crippen LogP) is 2.20. The fraction of sp³-hybridized carbons (Fsp3) is 0.538. The Morgan fingerprint density at radius 3 is 2.65 bits per heavy atom. The Morgan fingerprint density at radius 2 is 1.94 bits per heavy atom. The minimum Gasteiger partial charge on any atom is -0.326 e. The Balaban J connectivity index is 1.97. The second kappa shape index (κ2) is 4.03. The van der Waals surface area contributed by atoms with Gasteiger partial charge in [-0.2, -0.15) is 0 Å². The zero-order valence-corrected chi connectivity index (χ0v) is 9.57. The van der Waals surface area contributed by atoms with Crippen molar-refractivity contribution < 1.29 is 8.78 Å². The maximum atomic E-state index is 13.8. The molecule has 1 aliphatic heterocycles. The average Bonchev–Trinajstić information content (AvgIpc) is 3.07. The van der Waals surface area contributed by atoms with Gasteiger partial charge in [0.1, 0.15) is 11.6 Å². The number of rotatable bonds is 2. The van der Waals surface area contributed by atoms with Crippen molar-refractivity contribution in [2.24, 2.45) is 5.73 Å². The third kappa shape index (κ3) is 1.96. The summed E-state index contributed by atoms with van der Waals surface area (Å²) in [5, 5.41) is 0. The highest BCUT2D eigenvalue weighted by Crippen LogP contribution is 2.41. The fourth-order valence-corrected chi connectivity index (χ4v) is 2.81. The van der Waals surface area contributed by atoms with Crippen LogP contribution in [0.2, 0.25) is 0 Å². The molecule has 0 aromatic heterocycles. The van der Waals surface area contributed by atoms with Crippen molar-refractivity contribution in [1.29, 1.82) is 0 Å². The number of hydrogen-bond acceptors (Lipinski definition) is 2. The largest absolute Gasteiger partial charge is 0.326 e. The molecule has 17 heavy (non-hydrogen) atoms. The molecule has 1 aliphatic carbocycles. The van der Waals surface area contributed by atoms with Gasteiger partial charge in [-0.25, -0.2) is 8.78 Å². The molecule has 1 heterocycles. The van der Waals surface area contributed by atoms with Crippen molar-refractivity contribution in [1.82, 2.24) is 4.90 Å². The first-order valence-corrected chi connectivity index (χ1v) is 6.13. The number of nitrogens with two attached hydrogens (primary N) is 1. The van der Waals surface area contributed by atoms with Gasteiger partial charge in [0.05, 0.1) is 6.04 Å². The van der Waals surface area contributed by atoms with E-state index in [1.807, 2.05) is 0 Å². The summed E-state index contributed by atoms with van der Waals surface area (Å²) in [6.07, 6.45) is 3.16. The van der Waals surface area contributed by atoms with Crippen LogP contribution in [0.15, 0.2) is 18.2 Å². The standard InChI is InChI=1S/C13H16F2N2/c14-8-1-4-11(15)10(7-8)13-12(16)5-6-17(13)9-2-3-9/h1,4,7,9,12-13H,2-3,5-6,16H2. The fourth-order valence-electron chi connectivity index (χ4n) is 2.81. The monoisotopic (exact) mass is 238 g/mol. The number of halogens is 2. The average molecular weight is 238 g/mol. The summed E-state index contributed by atoms with van der Waals surface area (Å²) < 4.78 is 27.0. The first kappa shape index (κ1) is 11.1.